The number of carbonyl (C=O) groups is 1. The van der Waals surface area contributed by atoms with E-state index in [1.807, 2.05) is 19.1 Å². The Labute approximate surface area is 167 Å². The van der Waals surface area contributed by atoms with Crippen LogP contribution in [-0.2, 0) is 4.79 Å². The van der Waals surface area contributed by atoms with Gasteiger partial charge in [0.05, 0.1) is 0 Å². The number of amides is 1. The minimum Gasteiger partial charge on any atom is -0.462 e. The van der Waals surface area contributed by atoms with Crippen LogP contribution in [0.15, 0.2) is 22.6 Å². The molecule has 1 N–H and O–H groups in total. The molecule has 0 saturated carbocycles. The molecular weight excluding hydrogens is 334 g/mol. The first-order chi connectivity index (χ1) is 13.2. The molecule has 27 heavy (non-hydrogen) atoms. The second-order valence-corrected chi connectivity index (χ2v) is 7.67. The molecule has 0 saturated heterocycles. The van der Waals surface area contributed by atoms with Crippen molar-refractivity contribution in [1.29, 1.82) is 0 Å². The van der Waals surface area contributed by atoms with Gasteiger partial charge in [0.15, 0.2) is 0 Å². The molecule has 0 atom stereocenters. The van der Waals surface area contributed by atoms with Crippen LogP contribution in [0.1, 0.15) is 108 Å². The number of hydrogen-bond donors (Lipinski definition) is 1. The fourth-order valence-electron chi connectivity index (χ4n) is 3.29. The molecule has 154 valence electrons. The molecule has 1 heterocycles. The molecule has 0 radical (unpaired) electrons. The Morgan fingerprint density at radius 3 is 1.85 bits per heavy atom. The van der Waals surface area contributed by atoms with E-state index in [9.17, 15) is 4.79 Å². The second-order valence-electron chi connectivity index (χ2n) is 7.67. The highest BCUT2D eigenvalue weighted by atomic mass is 16.3. The summed E-state index contributed by atoms with van der Waals surface area (Å²) in [5.74, 6) is 1.54. The van der Waals surface area contributed by atoms with Gasteiger partial charge in [0.1, 0.15) is 11.5 Å². The van der Waals surface area contributed by atoms with Gasteiger partial charge in [-0.1, -0.05) is 90.4 Å². The molecule has 1 amide bonds. The molecule has 1 aromatic heterocycles. The Hall–Kier alpha value is -1.51. The lowest BCUT2D eigenvalue weighted by molar-refractivity contribution is -0.116. The Kier molecular flexibility index (Phi) is 14.5. The smallest absolute Gasteiger partial charge is 0.244 e. The molecule has 3 heteroatoms. The molecule has 3 nitrogen and oxygen atoms in total. The van der Waals surface area contributed by atoms with Crippen LogP contribution >= 0.6 is 0 Å². The first-order valence-electron chi connectivity index (χ1n) is 11.2. The maximum atomic E-state index is 11.7. The van der Waals surface area contributed by atoms with E-state index >= 15 is 0 Å². The molecule has 0 bridgehead atoms. The fraction of sp³-hybridized carbons (Fsp3) is 0.708. The van der Waals surface area contributed by atoms with Gasteiger partial charge in [0.2, 0.25) is 5.91 Å². The van der Waals surface area contributed by atoms with Crippen molar-refractivity contribution in [3.63, 3.8) is 0 Å². The lowest BCUT2D eigenvalue weighted by Crippen LogP contribution is -2.21. The van der Waals surface area contributed by atoms with Gasteiger partial charge in [0.25, 0.3) is 0 Å². The van der Waals surface area contributed by atoms with Crippen LogP contribution in [-0.4, -0.2) is 12.5 Å². The van der Waals surface area contributed by atoms with Gasteiger partial charge in [-0.25, -0.2) is 0 Å². The molecule has 0 fully saturated rings. The van der Waals surface area contributed by atoms with Crippen LogP contribution in [0.2, 0.25) is 0 Å². The zero-order valence-electron chi connectivity index (χ0n) is 17.7. The highest BCUT2D eigenvalue weighted by Crippen LogP contribution is 2.13. The zero-order valence-corrected chi connectivity index (χ0v) is 17.7. The number of nitrogens with one attached hydrogen (secondary N) is 1. The van der Waals surface area contributed by atoms with E-state index in [-0.39, 0.29) is 5.91 Å². The minimum atomic E-state index is -0.0428. The third-order valence-electron chi connectivity index (χ3n) is 4.99. The monoisotopic (exact) mass is 375 g/mol. The molecular formula is C24H41NO2. The molecule has 0 aliphatic carbocycles. The third kappa shape index (κ3) is 14.2. The standard InChI is InChI=1S/C24H41NO2/c1-3-4-5-6-7-8-9-10-11-12-13-14-15-16-21-25-24(26)20-19-23-18-17-22(2)27-23/h17-20H,3-16,21H2,1-2H3,(H,25,26). The number of unbranched alkanes of at least 4 members (excludes halogenated alkanes) is 13. The predicted octanol–water partition coefficient (Wildman–Crippen LogP) is 7.20. The highest BCUT2D eigenvalue weighted by molar-refractivity contribution is 5.91. The SMILES string of the molecule is CCCCCCCCCCCCCCCCNC(=O)C=Cc1ccc(C)o1. The largest absolute Gasteiger partial charge is 0.462 e. The summed E-state index contributed by atoms with van der Waals surface area (Å²) in [5, 5.41) is 2.94. The van der Waals surface area contributed by atoms with Crippen LogP contribution in [0.3, 0.4) is 0 Å². The summed E-state index contributed by atoms with van der Waals surface area (Å²) in [7, 11) is 0. The Balaban J connectivity index is 1.81. The maximum Gasteiger partial charge on any atom is 0.244 e. The van der Waals surface area contributed by atoms with Crippen LogP contribution in [0, 0.1) is 6.92 Å². The number of furan rings is 1. The molecule has 0 spiro atoms. The predicted molar refractivity (Wildman–Crippen MR) is 116 cm³/mol. The van der Waals surface area contributed by atoms with E-state index in [0.717, 1.165) is 24.5 Å². The first kappa shape index (κ1) is 23.5. The van der Waals surface area contributed by atoms with Crippen LogP contribution in [0.25, 0.3) is 6.08 Å². The van der Waals surface area contributed by atoms with E-state index in [1.165, 1.54) is 83.5 Å². The average molecular weight is 376 g/mol. The van der Waals surface area contributed by atoms with Crippen molar-refractivity contribution in [3.8, 4) is 0 Å². The average Bonchev–Trinajstić information content (AvgIpc) is 3.08. The third-order valence-corrected chi connectivity index (χ3v) is 4.99. The summed E-state index contributed by atoms with van der Waals surface area (Å²) >= 11 is 0. The van der Waals surface area contributed by atoms with Crippen molar-refractivity contribution >= 4 is 12.0 Å². The molecule has 1 rings (SSSR count). The van der Waals surface area contributed by atoms with E-state index in [0.29, 0.717) is 0 Å². The summed E-state index contributed by atoms with van der Waals surface area (Å²) in [6.45, 7) is 4.93. The minimum absolute atomic E-state index is 0.0428. The molecule has 1 aromatic rings. The Bertz CT molecular complexity index is 504. The van der Waals surface area contributed by atoms with Gasteiger partial charge in [-0.05, 0) is 31.6 Å². The second kappa shape index (κ2) is 16.6. The Morgan fingerprint density at radius 2 is 1.37 bits per heavy atom. The van der Waals surface area contributed by atoms with Crippen LogP contribution in [0.4, 0.5) is 0 Å². The van der Waals surface area contributed by atoms with Crippen molar-refractivity contribution in [2.75, 3.05) is 6.54 Å². The van der Waals surface area contributed by atoms with Crippen molar-refractivity contribution in [3.05, 3.63) is 29.7 Å². The van der Waals surface area contributed by atoms with Crippen LogP contribution in [0.5, 0.6) is 0 Å². The molecule has 0 aliphatic rings. The highest BCUT2D eigenvalue weighted by Gasteiger charge is 1.98. The number of hydrogen-bond acceptors (Lipinski definition) is 2. The number of rotatable bonds is 17. The normalized spacial score (nSPS) is 11.3. The molecule has 0 aromatic carbocycles. The van der Waals surface area contributed by atoms with Gasteiger partial charge in [0, 0.05) is 12.6 Å². The summed E-state index contributed by atoms with van der Waals surface area (Å²) in [6.07, 6.45) is 22.2. The maximum absolute atomic E-state index is 11.7. The van der Waals surface area contributed by atoms with Crippen LogP contribution < -0.4 is 5.32 Å². The Morgan fingerprint density at radius 1 is 0.852 bits per heavy atom. The van der Waals surface area contributed by atoms with Crippen molar-refractivity contribution in [1.82, 2.24) is 5.32 Å². The lowest BCUT2D eigenvalue weighted by Gasteiger charge is -2.04. The number of aryl methyl sites for hydroxylation is 1. The van der Waals surface area contributed by atoms with Gasteiger partial charge < -0.3 is 9.73 Å². The van der Waals surface area contributed by atoms with E-state index in [4.69, 9.17) is 4.42 Å². The lowest BCUT2D eigenvalue weighted by atomic mass is 10.0. The zero-order chi connectivity index (χ0) is 19.6. The summed E-state index contributed by atoms with van der Waals surface area (Å²) in [6, 6.07) is 3.76. The summed E-state index contributed by atoms with van der Waals surface area (Å²) < 4.78 is 5.40. The van der Waals surface area contributed by atoms with Gasteiger partial charge in [-0.3, -0.25) is 4.79 Å². The van der Waals surface area contributed by atoms with E-state index < -0.39 is 0 Å². The van der Waals surface area contributed by atoms with Crippen molar-refractivity contribution < 1.29 is 9.21 Å². The van der Waals surface area contributed by atoms with E-state index in [2.05, 4.69) is 12.2 Å². The molecule has 0 aliphatic heterocycles. The first-order valence-corrected chi connectivity index (χ1v) is 11.2. The topological polar surface area (TPSA) is 42.2 Å². The van der Waals surface area contributed by atoms with Gasteiger partial charge >= 0.3 is 0 Å². The summed E-state index contributed by atoms with van der Waals surface area (Å²) in [5.41, 5.74) is 0. The van der Waals surface area contributed by atoms with Crippen molar-refractivity contribution in [2.45, 2.75) is 104 Å². The number of carbonyl (C=O) groups excluding carboxylic acids is 1. The fourth-order valence-corrected chi connectivity index (χ4v) is 3.29. The summed E-state index contributed by atoms with van der Waals surface area (Å²) in [4.78, 5) is 11.7. The quantitative estimate of drug-likeness (QED) is 0.231. The van der Waals surface area contributed by atoms with E-state index in [1.54, 1.807) is 12.2 Å². The molecule has 0 unspecified atom stereocenters. The van der Waals surface area contributed by atoms with Crippen molar-refractivity contribution in [2.24, 2.45) is 0 Å². The van der Waals surface area contributed by atoms with Gasteiger partial charge in [-0.15, -0.1) is 0 Å². The van der Waals surface area contributed by atoms with Gasteiger partial charge in [-0.2, -0.15) is 0 Å².